The second kappa shape index (κ2) is 9.84. The molecule has 2 N–H and O–H groups in total. The number of primary amides is 1. The summed E-state index contributed by atoms with van der Waals surface area (Å²) in [7, 11) is 10.1. The molecule has 1 fully saturated rings. The first-order valence-corrected chi connectivity index (χ1v) is 13.2. The van der Waals surface area contributed by atoms with Gasteiger partial charge in [-0.15, -0.1) is 18.5 Å². The van der Waals surface area contributed by atoms with Crippen LogP contribution in [0.3, 0.4) is 0 Å². The lowest BCUT2D eigenvalue weighted by Gasteiger charge is -2.50. The van der Waals surface area contributed by atoms with E-state index in [1.54, 1.807) is 4.90 Å². The quantitative estimate of drug-likeness (QED) is 0.553. The molecular formula is C27H42N4OP2. The molecule has 1 aliphatic rings. The lowest BCUT2D eigenvalue weighted by molar-refractivity contribution is 0.0459. The van der Waals surface area contributed by atoms with E-state index in [1.807, 2.05) is 13.1 Å². The number of urea groups is 1. The van der Waals surface area contributed by atoms with Crippen LogP contribution < -0.4 is 15.9 Å². The minimum Gasteiger partial charge on any atom is -0.351 e. The highest BCUT2D eigenvalue weighted by molar-refractivity contribution is 7.27. The van der Waals surface area contributed by atoms with E-state index in [0.29, 0.717) is 6.54 Å². The van der Waals surface area contributed by atoms with E-state index in [-0.39, 0.29) is 16.1 Å². The molecule has 0 radical (unpaired) electrons. The van der Waals surface area contributed by atoms with E-state index in [4.69, 9.17) is 5.73 Å². The van der Waals surface area contributed by atoms with Crippen molar-refractivity contribution in [3.8, 4) is 0 Å². The van der Waals surface area contributed by atoms with Crippen LogP contribution in [-0.4, -0.2) is 36.6 Å². The van der Waals surface area contributed by atoms with Crippen molar-refractivity contribution in [3.63, 3.8) is 0 Å². The minimum absolute atomic E-state index is 0.00208. The van der Waals surface area contributed by atoms with Crippen LogP contribution >= 0.6 is 18.5 Å². The molecule has 2 unspecified atom stereocenters. The number of nitrogens with zero attached hydrogens (tertiary/aromatic N) is 3. The summed E-state index contributed by atoms with van der Waals surface area (Å²) in [4.78, 5) is 21.4. The van der Waals surface area contributed by atoms with Gasteiger partial charge >= 0.3 is 6.03 Å². The Hall–Kier alpha value is -1.54. The van der Waals surface area contributed by atoms with Crippen LogP contribution in [0.25, 0.3) is 0 Å². The van der Waals surface area contributed by atoms with E-state index in [1.165, 1.54) is 16.4 Å². The van der Waals surface area contributed by atoms with Gasteiger partial charge in [0.05, 0.1) is 17.6 Å². The predicted molar refractivity (Wildman–Crippen MR) is 151 cm³/mol. The number of hydrogen-bond donors (Lipinski definition) is 1. The number of carbonyl (C=O) groups excluding carboxylic acids is 1. The van der Waals surface area contributed by atoms with Gasteiger partial charge in [-0.3, -0.25) is 14.8 Å². The van der Waals surface area contributed by atoms with Crippen molar-refractivity contribution in [2.45, 2.75) is 71.0 Å². The van der Waals surface area contributed by atoms with Crippen LogP contribution in [0.2, 0.25) is 0 Å². The highest BCUT2D eigenvalue weighted by atomic mass is 31.0. The van der Waals surface area contributed by atoms with Crippen molar-refractivity contribution in [1.29, 1.82) is 0 Å². The standard InChI is InChI=1S/C27H42N4OP2/c1-18-12-20(15-21(33)13-18)27(30(6)7)10-8-26(5,9-11-27)17-31(24(28)32)22-16-29-23(14-19(22)2)25(3,4)34/h12-16H,8-11,17,33-34H2,1-7H3,(H2,28,32). The number of pyridine rings is 1. The lowest BCUT2D eigenvalue weighted by atomic mass is 9.65. The van der Waals surface area contributed by atoms with Crippen LogP contribution in [0.5, 0.6) is 0 Å². The Balaban J connectivity index is 1.86. The third kappa shape index (κ3) is 5.64. The Morgan fingerprint density at radius 1 is 1.12 bits per heavy atom. The largest absolute Gasteiger partial charge is 0.351 e. The average Bonchev–Trinajstić information content (AvgIpc) is 2.71. The van der Waals surface area contributed by atoms with Gasteiger partial charge in [0.15, 0.2) is 0 Å². The van der Waals surface area contributed by atoms with E-state index >= 15 is 0 Å². The summed E-state index contributed by atoms with van der Waals surface area (Å²) in [6.07, 6.45) is 5.91. The molecule has 34 heavy (non-hydrogen) atoms. The molecule has 1 saturated carbocycles. The number of amides is 2. The number of aryl methyl sites for hydroxylation is 2. The number of aromatic nitrogens is 1. The highest BCUT2D eigenvalue weighted by Gasteiger charge is 2.44. The molecule has 2 aromatic rings. The molecule has 7 heteroatoms. The average molecular weight is 501 g/mol. The van der Waals surface area contributed by atoms with E-state index < -0.39 is 6.03 Å². The van der Waals surface area contributed by atoms with Crippen molar-refractivity contribution in [2.24, 2.45) is 11.1 Å². The molecule has 0 spiro atoms. The van der Waals surface area contributed by atoms with Crippen molar-refractivity contribution >= 4 is 35.5 Å². The van der Waals surface area contributed by atoms with Gasteiger partial charge in [0, 0.05) is 17.2 Å². The molecular weight excluding hydrogens is 458 g/mol. The zero-order chi connectivity index (χ0) is 25.5. The molecule has 0 bridgehead atoms. The maximum atomic E-state index is 12.6. The van der Waals surface area contributed by atoms with E-state index in [9.17, 15) is 4.79 Å². The number of carbonyl (C=O) groups is 1. The highest BCUT2D eigenvalue weighted by Crippen LogP contribution is 2.49. The fraction of sp³-hybridized carbons (Fsp3) is 0.556. The molecule has 1 aliphatic carbocycles. The first-order valence-electron chi connectivity index (χ1n) is 12.0. The number of anilines is 1. The second-order valence-corrected chi connectivity index (χ2v) is 13.5. The Morgan fingerprint density at radius 3 is 2.21 bits per heavy atom. The Labute approximate surface area is 210 Å². The van der Waals surface area contributed by atoms with Crippen LogP contribution in [0, 0.1) is 19.3 Å². The van der Waals surface area contributed by atoms with Gasteiger partial charge in [-0.1, -0.05) is 38.5 Å². The van der Waals surface area contributed by atoms with Crippen molar-refractivity contribution in [3.05, 3.63) is 52.8 Å². The summed E-state index contributed by atoms with van der Waals surface area (Å²) in [5, 5.41) is 1.10. The zero-order valence-electron chi connectivity index (χ0n) is 21.9. The number of hydrogen-bond acceptors (Lipinski definition) is 3. The first-order chi connectivity index (χ1) is 15.7. The fourth-order valence-electron chi connectivity index (χ4n) is 5.35. The molecule has 3 rings (SSSR count). The molecule has 0 aliphatic heterocycles. The summed E-state index contributed by atoms with van der Waals surface area (Å²) >= 11 is 0. The maximum absolute atomic E-state index is 12.6. The monoisotopic (exact) mass is 500 g/mol. The van der Waals surface area contributed by atoms with Crippen LogP contribution in [-0.2, 0) is 10.7 Å². The first kappa shape index (κ1) is 27.1. The second-order valence-electron chi connectivity index (χ2n) is 11.4. The topological polar surface area (TPSA) is 62.5 Å². The summed E-state index contributed by atoms with van der Waals surface area (Å²) in [5.74, 6) is 0. The van der Waals surface area contributed by atoms with E-state index in [2.05, 4.69) is 94.4 Å². The smallest absolute Gasteiger partial charge is 0.319 e. The van der Waals surface area contributed by atoms with Gasteiger partial charge in [0.2, 0.25) is 0 Å². The predicted octanol–water partition coefficient (Wildman–Crippen LogP) is 5.23. The van der Waals surface area contributed by atoms with Gasteiger partial charge < -0.3 is 5.73 Å². The molecule has 186 valence electrons. The van der Waals surface area contributed by atoms with Gasteiger partial charge in [0.1, 0.15) is 0 Å². The zero-order valence-corrected chi connectivity index (χ0v) is 24.2. The molecule has 1 aromatic carbocycles. The summed E-state index contributed by atoms with van der Waals surface area (Å²) in [5.41, 5.74) is 11.4. The summed E-state index contributed by atoms with van der Waals surface area (Å²) in [6, 6.07) is 8.49. The molecule has 2 amide bonds. The molecule has 2 atom stereocenters. The third-order valence-electron chi connectivity index (χ3n) is 7.62. The van der Waals surface area contributed by atoms with Crippen LogP contribution in [0.15, 0.2) is 30.5 Å². The SMILES string of the molecule is Cc1cc(P)cc(C2(N(C)C)CCC(C)(CN(C(N)=O)c3cnc(C(C)(C)P)cc3C)CC2)c1. The lowest BCUT2D eigenvalue weighted by Crippen LogP contribution is -2.50. The Bertz CT molecular complexity index is 1030. The molecule has 1 aromatic heterocycles. The number of nitrogens with two attached hydrogens (primary N) is 1. The van der Waals surface area contributed by atoms with Gasteiger partial charge in [-0.05, 0) is 87.6 Å². The Morgan fingerprint density at radius 2 is 1.74 bits per heavy atom. The van der Waals surface area contributed by atoms with Crippen molar-refractivity contribution in [1.82, 2.24) is 9.88 Å². The minimum atomic E-state index is -0.417. The number of benzene rings is 1. The summed E-state index contributed by atoms with van der Waals surface area (Å²) < 4.78 is 0. The molecule has 5 nitrogen and oxygen atoms in total. The molecule has 1 heterocycles. The van der Waals surface area contributed by atoms with E-state index in [0.717, 1.165) is 42.6 Å². The number of rotatable bonds is 6. The van der Waals surface area contributed by atoms with Gasteiger partial charge in [-0.2, -0.15) is 0 Å². The van der Waals surface area contributed by atoms with Crippen LogP contribution in [0.4, 0.5) is 10.5 Å². The van der Waals surface area contributed by atoms with Gasteiger partial charge in [0.25, 0.3) is 0 Å². The van der Waals surface area contributed by atoms with Crippen molar-refractivity contribution in [2.75, 3.05) is 25.5 Å². The third-order valence-corrected chi connectivity index (χ3v) is 8.25. The normalized spacial score (nSPS) is 23.2. The summed E-state index contributed by atoms with van der Waals surface area (Å²) in [6.45, 7) is 11.3. The van der Waals surface area contributed by atoms with Crippen molar-refractivity contribution < 1.29 is 4.79 Å². The maximum Gasteiger partial charge on any atom is 0.319 e. The van der Waals surface area contributed by atoms with Crippen LogP contribution in [0.1, 0.15) is 68.8 Å². The molecule has 0 saturated heterocycles. The van der Waals surface area contributed by atoms with Gasteiger partial charge in [-0.25, -0.2) is 4.79 Å². The fourth-order valence-corrected chi connectivity index (χ4v) is 5.95. The Kier molecular flexibility index (Phi) is 7.83.